The van der Waals surface area contributed by atoms with Gasteiger partial charge in [0, 0.05) is 19.1 Å². The standard InChI is InChI=1S/C23H31N3O6/c1-15(25-22(30)17-8-10-31-11-9-17)21(29)24-13-19(27)26-18(20(28)23(2)14-32-23)12-16-6-4-3-5-7-16/h3-7,15,17-18H,8-14H2,1-2H3,(H,24,29)(H,25,30)(H,26,27)/t15-,18+,23-/m1/s1. The van der Waals surface area contributed by atoms with Gasteiger partial charge in [-0.25, -0.2) is 0 Å². The third-order valence-corrected chi connectivity index (χ3v) is 5.80. The minimum atomic E-state index is -0.876. The number of ether oxygens (including phenoxy) is 2. The lowest BCUT2D eigenvalue weighted by atomic mass is 9.95. The molecular weight excluding hydrogens is 414 g/mol. The molecule has 0 spiro atoms. The predicted molar refractivity (Wildman–Crippen MR) is 116 cm³/mol. The normalized spacial score (nSPS) is 22.3. The molecule has 2 aliphatic rings. The fourth-order valence-electron chi connectivity index (χ4n) is 3.60. The van der Waals surface area contributed by atoms with Crippen LogP contribution in [0.1, 0.15) is 32.3 Å². The molecule has 0 saturated carbocycles. The van der Waals surface area contributed by atoms with E-state index in [9.17, 15) is 19.2 Å². The zero-order chi connectivity index (χ0) is 23.1. The molecule has 3 N–H and O–H groups in total. The minimum Gasteiger partial charge on any atom is -0.381 e. The summed E-state index contributed by atoms with van der Waals surface area (Å²) >= 11 is 0. The second-order valence-corrected chi connectivity index (χ2v) is 8.53. The van der Waals surface area contributed by atoms with E-state index in [2.05, 4.69) is 16.0 Å². The van der Waals surface area contributed by atoms with Crippen molar-refractivity contribution in [2.24, 2.45) is 5.92 Å². The zero-order valence-electron chi connectivity index (χ0n) is 18.5. The Balaban J connectivity index is 1.48. The summed E-state index contributed by atoms with van der Waals surface area (Å²) in [7, 11) is 0. The highest BCUT2D eigenvalue weighted by molar-refractivity contribution is 5.97. The van der Waals surface area contributed by atoms with Crippen LogP contribution in [0.3, 0.4) is 0 Å². The average molecular weight is 446 g/mol. The molecule has 0 unspecified atom stereocenters. The molecule has 2 saturated heterocycles. The highest BCUT2D eigenvalue weighted by Gasteiger charge is 2.50. The van der Waals surface area contributed by atoms with Gasteiger partial charge in [-0.05, 0) is 38.7 Å². The van der Waals surface area contributed by atoms with Gasteiger partial charge in [0.15, 0.2) is 5.78 Å². The summed E-state index contributed by atoms with van der Waals surface area (Å²) < 4.78 is 10.5. The first-order valence-corrected chi connectivity index (χ1v) is 11.0. The van der Waals surface area contributed by atoms with E-state index in [-0.39, 0.29) is 24.2 Å². The number of epoxide rings is 1. The Hall–Kier alpha value is -2.78. The van der Waals surface area contributed by atoms with Gasteiger partial charge in [-0.15, -0.1) is 0 Å². The average Bonchev–Trinajstić information content (AvgIpc) is 3.56. The monoisotopic (exact) mass is 445 g/mol. The van der Waals surface area contributed by atoms with Gasteiger partial charge in [0.25, 0.3) is 0 Å². The molecule has 1 aromatic rings. The third kappa shape index (κ3) is 6.61. The molecule has 3 atom stereocenters. The summed E-state index contributed by atoms with van der Waals surface area (Å²) in [5, 5.41) is 7.92. The molecular formula is C23H31N3O6. The van der Waals surface area contributed by atoms with Crippen LogP contribution in [-0.4, -0.2) is 67.6 Å². The van der Waals surface area contributed by atoms with Crippen LogP contribution in [-0.2, 0) is 35.1 Å². The topological polar surface area (TPSA) is 126 Å². The third-order valence-electron chi connectivity index (χ3n) is 5.80. The van der Waals surface area contributed by atoms with Crippen LogP contribution in [0, 0.1) is 5.92 Å². The molecule has 0 bridgehead atoms. The largest absolute Gasteiger partial charge is 0.381 e. The molecule has 0 radical (unpaired) electrons. The summed E-state index contributed by atoms with van der Waals surface area (Å²) in [5.74, 6) is -1.51. The lowest BCUT2D eigenvalue weighted by Gasteiger charge is -2.23. The molecule has 9 heteroatoms. The molecule has 3 rings (SSSR count). The maximum atomic E-state index is 12.8. The van der Waals surface area contributed by atoms with Crippen molar-refractivity contribution in [3.8, 4) is 0 Å². The van der Waals surface area contributed by atoms with Crippen LogP contribution in [0.4, 0.5) is 0 Å². The highest BCUT2D eigenvalue weighted by atomic mass is 16.6. The van der Waals surface area contributed by atoms with Gasteiger partial charge in [-0.1, -0.05) is 30.3 Å². The fraction of sp³-hybridized carbons (Fsp3) is 0.565. The number of hydrogen-bond donors (Lipinski definition) is 3. The van der Waals surface area contributed by atoms with Crippen molar-refractivity contribution >= 4 is 23.5 Å². The molecule has 3 amide bonds. The predicted octanol–water partition coefficient (Wildman–Crippen LogP) is 0.119. The van der Waals surface area contributed by atoms with E-state index in [0.717, 1.165) is 5.56 Å². The quantitative estimate of drug-likeness (QED) is 0.439. The minimum absolute atomic E-state index is 0.168. The van der Waals surface area contributed by atoms with E-state index in [1.165, 1.54) is 0 Å². The number of carbonyl (C=O) groups is 4. The molecule has 0 aromatic heterocycles. The van der Waals surface area contributed by atoms with Crippen LogP contribution in [0.15, 0.2) is 30.3 Å². The number of Topliss-reactive ketones (excluding diaryl/α,β-unsaturated/α-hetero) is 1. The Morgan fingerprint density at radius 2 is 1.75 bits per heavy atom. The van der Waals surface area contributed by atoms with Crippen molar-refractivity contribution < 1.29 is 28.7 Å². The number of nitrogens with one attached hydrogen (secondary N) is 3. The Labute approximate surface area is 187 Å². The lowest BCUT2D eigenvalue weighted by Crippen LogP contribution is -2.52. The first kappa shape index (κ1) is 23.9. The molecule has 0 aliphatic carbocycles. The van der Waals surface area contributed by atoms with E-state index in [1.54, 1.807) is 13.8 Å². The Morgan fingerprint density at radius 3 is 2.38 bits per heavy atom. The number of benzene rings is 1. The van der Waals surface area contributed by atoms with Crippen molar-refractivity contribution in [2.45, 2.75) is 50.8 Å². The molecule has 2 fully saturated rings. The van der Waals surface area contributed by atoms with Crippen LogP contribution < -0.4 is 16.0 Å². The van der Waals surface area contributed by atoms with Gasteiger partial charge in [0.1, 0.15) is 11.6 Å². The maximum Gasteiger partial charge on any atom is 0.242 e. The number of amides is 3. The van der Waals surface area contributed by atoms with E-state index in [4.69, 9.17) is 9.47 Å². The Kier molecular flexibility index (Phi) is 7.98. The summed E-state index contributed by atoms with van der Waals surface area (Å²) in [4.78, 5) is 49.9. The van der Waals surface area contributed by atoms with E-state index >= 15 is 0 Å². The first-order chi connectivity index (χ1) is 15.3. The fourth-order valence-corrected chi connectivity index (χ4v) is 3.60. The second-order valence-electron chi connectivity index (χ2n) is 8.53. The van der Waals surface area contributed by atoms with Crippen molar-refractivity contribution in [3.05, 3.63) is 35.9 Å². The summed E-state index contributed by atoms with van der Waals surface area (Å²) in [6.45, 7) is 4.36. The SMILES string of the molecule is C[C@@H](NC(=O)C1CCOCC1)C(=O)NCC(=O)N[C@@H](Cc1ccccc1)C(=O)[C@@]1(C)CO1. The second kappa shape index (κ2) is 10.7. The summed E-state index contributed by atoms with van der Waals surface area (Å²) in [6.07, 6.45) is 1.58. The molecule has 32 heavy (non-hydrogen) atoms. The molecule has 9 nitrogen and oxygen atoms in total. The van der Waals surface area contributed by atoms with Crippen molar-refractivity contribution in [1.29, 1.82) is 0 Å². The highest BCUT2D eigenvalue weighted by Crippen LogP contribution is 2.29. The van der Waals surface area contributed by atoms with Gasteiger partial charge < -0.3 is 25.4 Å². The van der Waals surface area contributed by atoms with Gasteiger partial charge in [-0.3, -0.25) is 19.2 Å². The van der Waals surface area contributed by atoms with Gasteiger partial charge in [0.05, 0.1) is 19.2 Å². The van der Waals surface area contributed by atoms with Crippen LogP contribution in [0.25, 0.3) is 0 Å². The molecule has 174 valence electrons. The maximum absolute atomic E-state index is 12.8. The van der Waals surface area contributed by atoms with Gasteiger partial charge in [0.2, 0.25) is 17.7 Å². The number of ketones is 1. The molecule has 2 heterocycles. The van der Waals surface area contributed by atoms with Crippen LogP contribution in [0.5, 0.6) is 0 Å². The van der Waals surface area contributed by atoms with Crippen molar-refractivity contribution in [3.63, 3.8) is 0 Å². The van der Waals surface area contributed by atoms with Crippen molar-refractivity contribution in [1.82, 2.24) is 16.0 Å². The summed E-state index contributed by atoms with van der Waals surface area (Å²) in [6, 6.07) is 7.83. The van der Waals surface area contributed by atoms with E-state index < -0.39 is 29.5 Å². The van der Waals surface area contributed by atoms with Gasteiger partial charge >= 0.3 is 0 Å². The number of hydrogen-bond acceptors (Lipinski definition) is 6. The van der Waals surface area contributed by atoms with E-state index in [1.807, 2.05) is 30.3 Å². The number of carbonyl (C=O) groups excluding carboxylic acids is 4. The molecule has 1 aromatic carbocycles. The van der Waals surface area contributed by atoms with Gasteiger partial charge in [-0.2, -0.15) is 0 Å². The Bertz CT molecular complexity index is 833. The summed E-state index contributed by atoms with van der Waals surface area (Å²) in [5.41, 5.74) is 0.0303. The van der Waals surface area contributed by atoms with Crippen LogP contribution in [0.2, 0.25) is 0 Å². The first-order valence-electron chi connectivity index (χ1n) is 11.0. The Morgan fingerprint density at radius 1 is 1.09 bits per heavy atom. The molecule has 2 aliphatic heterocycles. The zero-order valence-corrected chi connectivity index (χ0v) is 18.5. The van der Waals surface area contributed by atoms with Crippen molar-refractivity contribution in [2.75, 3.05) is 26.4 Å². The van der Waals surface area contributed by atoms with E-state index in [0.29, 0.717) is 39.1 Å². The smallest absolute Gasteiger partial charge is 0.242 e. The van der Waals surface area contributed by atoms with Crippen LogP contribution >= 0.6 is 0 Å². The lowest BCUT2D eigenvalue weighted by molar-refractivity contribution is -0.133. The number of rotatable bonds is 10.